The number of benzene rings is 1. The van der Waals surface area contributed by atoms with Crippen LogP contribution in [0.3, 0.4) is 0 Å². The van der Waals surface area contributed by atoms with Gasteiger partial charge in [0.15, 0.2) is 6.29 Å². The van der Waals surface area contributed by atoms with Gasteiger partial charge in [-0.15, -0.1) is 0 Å². The Kier molecular flexibility index (Phi) is 5.53. The third kappa shape index (κ3) is 4.47. The number of rotatable bonds is 7. The van der Waals surface area contributed by atoms with E-state index < -0.39 is 0 Å². The highest BCUT2D eigenvalue weighted by atomic mass is 16.5. The molecule has 0 saturated heterocycles. The van der Waals surface area contributed by atoms with Crippen LogP contribution in [0.1, 0.15) is 37.0 Å². The van der Waals surface area contributed by atoms with E-state index >= 15 is 0 Å². The van der Waals surface area contributed by atoms with Crippen molar-refractivity contribution < 1.29 is 14.3 Å². The predicted octanol–water partition coefficient (Wildman–Crippen LogP) is 3.32. The summed E-state index contributed by atoms with van der Waals surface area (Å²) in [5.41, 5.74) is 0.565. The molecule has 0 radical (unpaired) electrons. The molecular weight excluding hydrogens is 216 g/mol. The molecule has 0 spiro atoms. The fourth-order valence-electron chi connectivity index (χ4n) is 1.54. The van der Waals surface area contributed by atoms with Crippen LogP contribution in [0, 0.1) is 5.92 Å². The standard InChI is InChI=1S/C14H20O3/c1-11(2)5-4-8-17-14-9-13(16-3)7-6-12(14)10-15/h6-7,9-11H,4-5,8H2,1-3H3. The van der Waals surface area contributed by atoms with Crippen molar-refractivity contribution in [2.75, 3.05) is 13.7 Å². The van der Waals surface area contributed by atoms with Crippen LogP contribution in [0.2, 0.25) is 0 Å². The fourth-order valence-corrected chi connectivity index (χ4v) is 1.54. The molecule has 1 aromatic carbocycles. The molecule has 0 N–H and O–H groups in total. The predicted molar refractivity (Wildman–Crippen MR) is 67.9 cm³/mol. The van der Waals surface area contributed by atoms with E-state index in [1.807, 2.05) is 0 Å². The van der Waals surface area contributed by atoms with Gasteiger partial charge in [0, 0.05) is 6.07 Å². The number of methoxy groups -OCH3 is 1. The maximum Gasteiger partial charge on any atom is 0.153 e. The first-order valence-corrected chi connectivity index (χ1v) is 5.93. The van der Waals surface area contributed by atoms with Gasteiger partial charge in [-0.25, -0.2) is 0 Å². The zero-order chi connectivity index (χ0) is 12.7. The van der Waals surface area contributed by atoms with Gasteiger partial charge in [-0.3, -0.25) is 4.79 Å². The van der Waals surface area contributed by atoms with Gasteiger partial charge in [-0.05, 0) is 30.9 Å². The molecule has 0 unspecified atom stereocenters. The molecule has 0 bridgehead atoms. The van der Waals surface area contributed by atoms with Crippen LogP contribution >= 0.6 is 0 Å². The van der Waals surface area contributed by atoms with Crippen LogP contribution in [-0.4, -0.2) is 20.0 Å². The highest BCUT2D eigenvalue weighted by Crippen LogP contribution is 2.23. The fraction of sp³-hybridized carbons (Fsp3) is 0.500. The minimum absolute atomic E-state index is 0.565. The molecular formula is C14H20O3. The van der Waals surface area contributed by atoms with Gasteiger partial charge in [0.05, 0.1) is 19.3 Å². The zero-order valence-corrected chi connectivity index (χ0v) is 10.7. The van der Waals surface area contributed by atoms with E-state index in [0.29, 0.717) is 29.6 Å². The third-order valence-corrected chi connectivity index (χ3v) is 2.53. The smallest absolute Gasteiger partial charge is 0.153 e. The van der Waals surface area contributed by atoms with Gasteiger partial charge in [-0.2, -0.15) is 0 Å². The third-order valence-electron chi connectivity index (χ3n) is 2.53. The quantitative estimate of drug-likeness (QED) is 0.538. The van der Waals surface area contributed by atoms with E-state index in [1.54, 1.807) is 25.3 Å². The minimum Gasteiger partial charge on any atom is -0.497 e. The van der Waals surface area contributed by atoms with Crippen molar-refractivity contribution in [3.63, 3.8) is 0 Å². The van der Waals surface area contributed by atoms with Crippen LogP contribution in [-0.2, 0) is 0 Å². The Balaban J connectivity index is 2.58. The molecule has 0 aromatic heterocycles. The van der Waals surface area contributed by atoms with Crippen molar-refractivity contribution in [1.29, 1.82) is 0 Å². The number of carbonyl (C=O) groups excluding carboxylic acids is 1. The van der Waals surface area contributed by atoms with E-state index in [2.05, 4.69) is 13.8 Å². The summed E-state index contributed by atoms with van der Waals surface area (Å²) in [5, 5.41) is 0. The Hall–Kier alpha value is -1.51. The van der Waals surface area contributed by atoms with Crippen molar-refractivity contribution >= 4 is 6.29 Å². The van der Waals surface area contributed by atoms with Gasteiger partial charge in [-0.1, -0.05) is 13.8 Å². The molecule has 3 heteroatoms. The summed E-state index contributed by atoms with van der Waals surface area (Å²) in [4.78, 5) is 10.8. The van der Waals surface area contributed by atoms with Crippen LogP contribution in [0.4, 0.5) is 0 Å². The number of aldehydes is 1. The minimum atomic E-state index is 0.565. The Labute approximate surface area is 103 Å². The molecule has 1 rings (SSSR count). The number of carbonyl (C=O) groups is 1. The van der Waals surface area contributed by atoms with Crippen LogP contribution < -0.4 is 9.47 Å². The number of hydrogen-bond donors (Lipinski definition) is 0. The summed E-state index contributed by atoms with van der Waals surface area (Å²) >= 11 is 0. The van der Waals surface area contributed by atoms with Gasteiger partial charge < -0.3 is 9.47 Å². The first-order chi connectivity index (χ1) is 8.17. The molecule has 0 aliphatic heterocycles. The molecule has 17 heavy (non-hydrogen) atoms. The van der Waals surface area contributed by atoms with Crippen LogP contribution in [0.15, 0.2) is 18.2 Å². The zero-order valence-electron chi connectivity index (χ0n) is 10.7. The summed E-state index contributed by atoms with van der Waals surface area (Å²) in [7, 11) is 1.60. The average molecular weight is 236 g/mol. The normalized spacial score (nSPS) is 10.4. The maximum atomic E-state index is 10.8. The maximum absolute atomic E-state index is 10.8. The van der Waals surface area contributed by atoms with Crippen molar-refractivity contribution in [2.24, 2.45) is 5.92 Å². The summed E-state index contributed by atoms with van der Waals surface area (Å²) < 4.78 is 10.7. The van der Waals surface area contributed by atoms with Gasteiger partial charge >= 0.3 is 0 Å². The number of hydrogen-bond acceptors (Lipinski definition) is 3. The van der Waals surface area contributed by atoms with Gasteiger partial charge in [0.25, 0.3) is 0 Å². The SMILES string of the molecule is COc1ccc(C=O)c(OCCCC(C)C)c1. The molecule has 0 aliphatic carbocycles. The van der Waals surface area contributed by atoms with Crippen molar-refractivity contribution in [2.45, 2.75) is 26.7 Å². The van der Waals surface area contributed by atoms with E-state index in [9.17, 15) is 4.79 Å². The highest BCUT2D eigenvalue weighted by molar-refractivity contribution is 5.79. The van der Waals surface area contributed by atoms with Crippen molar-refractivity contribution in [3.05, 3.63) is 23.8 Å². The molecule has 0 amide bonds. The van der Waals surface area contributed by atoms with Gasteiger partial charge in [0.2, 0.25) is 0 Å². The Morgan fingerprint density at radius 1 is 1.35 bits per heavy atom. The molecule has 0 fully saturated rings. The molecule has 0 heterocycles. The van der Waals surface area contributed by atoms with Crippen LogP contribution in [0.25, 0.3) is 0 Å². The lowest BCUT2D eigenvalue weighted by Crippen LogP contribution is -2.02. The Morgan fingerprint density at radius 3 is 2.71 bits per heavy atom. The van der Waals surface area contributed by atoms with E-state index in [-0.39, 0.29) is 0 Å². The largest absolute Gasteiger partial charge is 0.497 e. The molecule has 1 aromatic rings. The summed E-state index contributed by atoms with van der Waals surface area (Å²) in [5.74, 6) is 1.98. The summed E-state index contributed by atoms with van der Waals surface area (Å²) in [6.45, 7) is 5.00. The first-order valence-electron chi connectivity index (χ1n) is 5.93. The van der Waals surface area contributed by atoms with Crippen molar-refractivity contribution in [1.82, 2.24) is 0 Å². The lowest BCUT2D eigenvalue weighted by Gasteiger charge is -2.10. The second-order valence-corrected chi connectivity index (χ2v) is 4.41. The topological polar surface area (TPSA) is 35.5 Å². The molecule has 0 atom stereocenters. The summed E-state index contributed by atoms with van der Waals surface area (Å²) in [6.07, 6.45) is 2.92. The second kappa shape index (κ2) is 6.94. The molecule has 94 valence electrons. The monoisotopic (exact) mass is 236 g/mol. The molecule has 0 saturated carbocycles. The van der Waals surface area contributed by atoms with E-state index in [1.165, 1.54) is 0 Å². The van der Waals surface area contributed by atoms with E-state index in [4.69, 9.17) is 9.47 Å². The highest BCUT2D eigenvalue weighted by Gasteiger charge is 2.05. The van der Waals surface area contributed by atoms with Crippen LogP contribution in [0.5, 0.6) is 11.5 Å². The van der Waals surface area contributed by atoms with E-state index in [0.717, 1.165) is 19.1 Å². The second-order valence-electron chi connectivity index (χ2n) is 4.41. The lowest BCUT2D eigenvalue weighted by atomic mass is 10.1. The average Bonchev–Trinajstić information content (AvgIpc) is 2.34. The van der Waals surface area contributed by atoms with Gasteiger partial charge in [0.1, 0.15) is 11.5 Å². The molecule has 3 nitrogen and oxygen atoms in total. The molecule has 0 aliphatic rings. The Morgan fingerprint density at radius 2 is 2.12 bits per heavy atom. The lowest BCUT2D eigenvalue weighted by molar-refractivity contribution is 0.111. The van der Waals surface area contributed by atoms with Crippen molar-refractivity contribution in [3.8, 4) is 11.5 Å². The Bertz CT molecular complexity index is 358. The number of ether oxygens (including phenoxy) is 2. The summed E-state index contributed by atoms with van der Waals surface area (Å²) in [6, 6.07) is 5.22. The first kappa shape index (κ1) is 13.6.